The van der Waals surface area contributed by atoms with Gasteiger partial charge < -0.3 is 14.4 Å². The van der Waals surface area contributed by atoms with Crippen LogP contribution in [0.25, 0.3) is 10.9 Å². The number of pyridine rings is 1. The summed E-state index contributed by atoms with van der Waals surface area (Å²) in [6.07, 6.45) is 10.5. The van der Waals surface area contributed by atoms with Gasteiger partial charge >= 0.3 is 0 Å². The zero-order valence-corrected chi connectivity index (χ0v) is 18.2. The molecule has 0 unspecified atom stereocenters. The highest BCUT2D eigenvalue weighted by atomic mass is 16.6. The van der Waals surface area contributed by atoms with Crippen molar-refractivity contribution in [2.75, 3.05) is 6.61 Å². The zero-order valence-electron chi connectivity index (χ0n) is 18.2. The number of nitro groups is 1. The van der Waals surface area contributed by atoms with Crippen LogP contribution in [0.2, 0.25) is 0 Å². The molecule has 0 aliphatic rings. The Bertz CT molecular complexity index is 891. The Morgan fingerprint density at radius 1 is 1.00 bits per heavy atom. The maximum Gasteiger partial charge on any atom is 0.297 e. The van der Waals surface area contributed by atoms with Crippen molar-refractivity contribution in [3.05, 3.63) is 38.7 Å². The summed E-state index contributed by atoms with van der Waals surface area (Å²) in [5.41, 5.74) is -0.164. The van der Waals surface area contributed by atoms with Crippen LogP contribution in [0.3, 0.4) is 0 Å². The predicted molar refractivity (Wildman–Crippen MR) is 120 cm³/mol. The van der Waals surface area contributed by atoms with Gasteiger partial charge in [-0.05, 0) is 18.9 Å². The minimum atomic E-state index is -0.495. The summed E-state index contributed by atoms with van der Waals surface area (Å²) in [4.78, 5) is 23.8. The number of aromatic nitrogens is 1. The Morgan fingerprint density at radius 2 is 1.63 bits per heavy atom. The van der Waals surface area contributed by atoms with E-state index in [1.807, 2.05) is 0 Å². The lowest BCUT2D eigenvalue weighted by Crippen LogP contribution is -2.23. The molecule has 30 heavy (non-hydrogen) atoms. The van der Waals surface area contributed by atoms with Gasteiger partial charge in [0.1, 0.15) is 0 Å². The summed E-state index contributed by atoms with van der Waals surface area (Å²) in [7, 11) is 0. The lowest BCUT2D eigenvalue weighted by atomic mass is 10.1. The first kappa shape index (κ1) is 23.7. The third-order valence-electron chi connectivity index (χ3n) is 5.37. The van der Waals surface area contributed by atoms with E-state index in [9.17, 15) is 20.0 Å². The molecule has 0 amide bonds. The largest absolute Gasteiger partial charge is 0.504 e. The SMILES string of the molecule is CCCCCCCCOc1c(O)c2ccc([N+](=O)[O-])cc2n(CCCCCC)c1=O. The van der Waals surface area contributed by atoms with Crippen LogP contribution in [0.1, 0.15) is 78.1 Å². The monoisotopic (exact) mass is 418 g/mol. The molecule has 2 rings (SSSR count). The second-order valence-corrected chi connectivity index (χ2v) is 7.77. The number of nitro benzene ring substituents is 1. The van der Waals surface area contributed by atoms with Crippen molar-refractivity contribution in [3.63, 3.8) is 0 Å². The van der Waals surface area contributed by atoms with Crippen molar-refractivity contribution < 1.29 is 14.8 Å². The van der Waals surface area contributed by atoms with Gasteiger partial charge in [0.25, 0.3) is 11.2 Å². The highest BCUT2D eigenvalue weighted by molar-refractivity contribution is 5.89. The van der Waals surface area contributed by atoms with Gasteiger partial charge in [-0.15, -0.1) is 0 Å². The van der Waals surface area contributed by atoms with E-state index < -0.39 is 10.5 Å². The summed E-state index contributed by atoms with van der Waals surface area (Å²) in [6, 6.07) is 4.18. The second kappa shape index (κ2) is 12.2. The lowest BCUT2D eigenvalue weighted by molar-refractivity contribution is -0.384. The molecule has 0 atom stereocenters. The van der Waals surface area contributed by atoms with Crippen molar-refractivity contribution in [2.45, 2.75) is 84.6 Å². The third-order valence-corrected chi connectivity index (χ3v) is 5.37. The lowest BCUT2D eigenvalue weighted by Gasteiger charge is -2.15. The molecular weight excluding hydrogens is 384 g/mol. The van der Waals surface area contributed by atoms with E-state index in [4.69, 9.17) is 4.74 Å². The van der Waals surface area contributed by atoms with Gasteiger partial charge in [0.15, 0.2) is 5.75 Å². The Kier molecular flexibility index (Phi) is 9.64. The molecule has 2 aromatic rings. The number of aryl methyl sites for hydroxylation is 1. The minimum Gasteiger partial charge on any atom is -0.504 e. The van der Waals surface area contributed by atoms with E-state index in [0.717, 1.165) is 44.9 Å². The molecule has 0 saturated carbocycles. The van der Waals surface area contributed by atoms with Crippen LogP contribution in [-0.2, 0) is 6.54 Å². The van der Waals surface area contributed by atoms with Gasteiger partial charge in [-0.1, -0.05) is 65.2 Å². The van der Waals surface area contributed by atoms with Crippen LogP contribution in [0.5, 0.6) is 11.5 Å². The van der Waals surface area contributed by atoms with Gasteiger partial charge in [0, 0.05) is 24.1 Å². The molecule has 7 nitrogen and oxygen atoms in total. The number of ether oxygens (including phenoxy) is 1. The van der Waals surface area contributed by atoms with E-state index in [2.05, 4.69) is 13.8 Å². The number of rotatable bonds is 14. The van der Waals surface area contributed by atoms with Crippen molar-refractivity contribution in [3.8, 4) is 11.5 Å². The molecule has 0 fully saturated rings. The van der Waals surface area contributed by atoms with E-state index in [-0.39, 0.29) is 17.2 Å². The second-order valence-electron chi connectivity index (χ2n) is 7.77. The number of unbranched alkanes of at least 4 members (excludes halogenated alkanes) is 8. The normalized spacial score (nSPS) is 11.1. The van der Waals surface area contributed by atoms with E-state index in [1.54, 1.807) is 0 Å². The van der Waals surface area contributed by atoms with Crippen LogP contribution in [0.15, 0.2) is 23.0 Å². The smallest absolute Gasteiger partial charge is 0.297 e. The molecule has 1 N–H and O–H groups in total. The van der Waals surface area contributed by atoms with Gasteiger partial charge in [0.2, 0.25) is 5.75 Å². The Hall–Kier alpha value is -2.57. The molecule has 1 aromatic carbocycles. The first-order valence-corrected chi connectivity index (χ1v) is 11.2. The topological polar surface area (TPSA) is 94.6 Å². The first-order valence-electron chi connectivity index (χ1n) is 11.2. The third kappa shape index (κ3) is 6.21. The number of hydrogen-bond acceptors (Lipinski definition) is 5. The molecule has 1 heterocycles. The number of nitrogens with zero attached hydrogens (tertiary/aromatic N) is 2. The number of benzene rings is 1. The fraction of sp³-hybridized carbons (Fsp3) is 0.609. The number of aromatic hydroxyl groups is 1. The number of hydrogen-bond donors (Lipinski definition) is 1. The average Bonchev–Trinajstić information content (AvgIpc) is 2.74. The molecule has 166 valence electrons. The van der Waals surface area contributed by atoms with E-state index >= 15 is 0 Å². The maximum absolute atomic E-state index is 13.1. The summed E-state index contributed by atoms with van der Waals surface area (Å²) in [5.74, 6) is -0.291. The van der Waals surface area contributed by atoms with Crippen LogP contribution < -0.4 is 10.3 Å². The molecule has 0 radical (unpaired) electrons. The van der Waals surface area contributed by atoms with Gasteiger partial charge in [-0.2, -0.15) is 0 Å². The highest BCUT2D eigenvalue weighted by Gasteiger charge is 2.20. The molecule has 0 saturated heterocycles. The fourth-order valence-corrected chi connectivity index (χ4v) is 3.62. The van der Waals surface area contributed by atoms with Crippen molar-refractivity contribution in [2.24, 2.45) is 0 Å². The average molecular weight is 419 g/mol. The summed E-state index contributed by atoms with van der Waals surface area (Å²) < 4.78 is 7.22. The molecule has 0 aliphatic carbocycles. The van der Waals surface area contributed by atoms with Crippen molar-refractivity contribution >= 4 is 16.6 Å². The van der Waals surface area contributed by atoms with Crippen LogP contribution in [0, 0.1) is 10.1 Å². The molecular formula is C23H34N2O5. The Balaban J connectivity index is 2.27. The van der Waals surface area contributed by atoms with Gasteiger partial charge in [-0.25, -0.2) is 0 Å². The number of non-ortho nitro benzene ring substituents is 1. The Morgan fingerprint density at radius 3 is 2.30 bits per heavy atom. The van der Waals surface area contributed by atoms with Crippen LogP contribution in [0.4, 0.5) is 5.69 Å². The predicted octanol–water partition coefficient (Wildman–Crippen LogP) is 5.93. The standard InChI is InChI=1S/C23H34N2O5/c1-3-5-7-9-10-12-16-30-22-21(26)19-14-13-18(25(28)29)17-20(19)24(23(22)27)15-11-8-6-4-2/h13-14,17,26H,3-12,15-16H2,1-2H3. The maximum atomic E-state index is 13.1. The fourth-order valence-electron chi connectivity index (χ4n) is 3.62. The zero-order chi connectivity index (χ0) is 21.9. The van der Waals surface area contributed by atoms with Crippen LogP contribution >= 0.6 is 0 Å². The highest BCUT2D eigenvalue weighted by Crippen LogP contribution is 2.33. The van der Waals surface area contributed by atoms with Crippen molar-refractivity contribution in [1.82, 2.24) is 4.57 Å². The summed E-state index contributed by atoms with van der Waals surface area (Å²) in [6.45, 7) is 5.08. The summed E-state index contributed by atoms with van der Waals surface area (Å²) >= 11 is 0. The van der Waals surface area contributed by atoms with E-state index in [0.29, 0.717) is 24.1 Å². The van der Waals surface area contributed by atoms with Crippen LogP contribution in [-0.4, -0.2) is 21.2 Å². The molecule has 0 spiro atoms. The van der Waals surface area contributed by atoms with E-state index in [1.165, 1.54) is 42.0 Å². The quantitative estimate of drug-likeness (QED) is 0.233. The molecule has 0 aliphatic heterocycles. The molecule has 0 bridgehead atoms. The minimum absolute atomic E-state index is 0.0552. The van der Waals surface area contributed by atoms with Gasteiger partial charge in [-0.3, -0.25) is 14.9 Å². The van der Waals surface area contributed by atoms with Gasteiger partial charge in [0.05, 0.1) is 17.0 Å². The number of fused-ring (bicyclic) bond motifs is 1. The first-order chi connectivity index (χ1) is 14.5. The Labute approximate surface area is 177 Å². The summed E-state index contributed by atoms with van der Waals surface area (Å²) in [5, 5.41) is 22.2. The van der Waals surface area contributed by atoms with Crippen molar-refractivity contribution in [1.29, 1.82) is 0 Å². The molecule has 7 heteroatoms. The molecule has 1 aromatic heterocycles.